The van der Waals surface area contributed by atoms with Gasteiger partial charge < -0.3 is 14.3 Å². The van der Waals surface area contributed by atoms with Crippen molar-refractivity contribution in [3.63, 3.8) is 0 Å². The van der Waals surface area contributed by atoms with Gasteiger partial charge in [-0.05, 0) is 69.0 Å². The van der Waals surface area contributed by atoms with Crippen LogP contribution >= 0.6 is 0 Å². The van der Waals surface area contributed by atoms with E-state index in [9.17, 15) is 18.0 Å². The number of carbonyl (C=O) groups excluding carboxylic acids is 1. The van der Waals surface area contributed by atoms with E-state index in [4.69, 9.17) is 9.40 Å². The van der Waals surface area contributed by atoms with Crippen LogP contribution in [0.1, 0.15) is 47.8 Å². The molecular formula is C29H24F3N5O2. The number of hydrogen-bond donors (Lipinski definition) is 1. The lowest BCUT2D eigenvalue weighted by Gasteiger charge is -2.32. The first-order valence-corrected chi connectivity index (χ1v) is 12.7. The fourth-order valence-corrected chi connectivity index (χ4v) is 5.25. The second-order valence-corrected chi connectivity index (χ2v) is 9.75. The molecule has 2 atom stereocenters. The number of carbonyl (C=O) groups is 1. The van der Waals surface area contributed by atoms with Gasteiger partial charge in [0.25, 0.3) is 5.91 Å². The van der Waals surface area contributed by atoms with E-state index < -0.39 is 23.4 Å². The van der Waals surface area contributed by atoms with Crippen LogP contribution in [0.3, 0.4) is 0 Å². The van der Waals surface area contributed by atoms with E-state index >= 15 is 0 Å². The van der Waals surface area contributed by atoms with Crippen molar-refractivity contribution >= 4 is 16.9 Å². The summed E-state index contributed by atoms with van der Waals surface area (Å²) in [7, 11) is 0. The van der Waals surface area contributed by atoms with Crippen molar-refractivity contribution in [1.29, 1.82) is 0 Å². The lowest BCUT2D eigenvalue weighted by atomic mass is 9.90. The SMILES string of the molecule is Cc1coc(-c2cc3c(cn2)nc(-c2ccccc2F)n3C2CCCC(NC(=O)c3cc(F)ccc3F)C2)n1. The first-order valence-electron chi connectivity index (χ1n) is 12.7. The van der Waals surface area contributed by atoms with Crippen molar-refractivity contribution in [2.45, 2.75) is 44.7 Å². The Hall–Kier alpha value is -4.47. The number of nitrogens with one attached hydrogen (secondary N) is 1. The van der Waals surface area contributed by atoms with Crippen molar-refractivity contribution in [3.8, 4) is 23.0 Å². The number of pyridine rings is 1. The van der Waals surface area contributed by atoms with Gasteiger partial charge >= 0.3 is 0 Å². The van der Waals surface area contributed by atoms with Crippen molar-refractivity contribution in [3.05, 3.63) is 89.7 Å². The maximum Gasteiger partial charge on any atom is 0.254 e. The highest BCUT2D eigenvalue weighted by Crippen LogP contribution is 2.37. The standard InChI is InChI=1S/C29H24F3N5O2/c1-16-15-39-29(34-16)24-13-26-25(14-33-24)36-27(20-7-2-3-8-22(20)31)37(26)19-6-4-5-18(12-19)35-28(38)21-11-17(30)9-10-23(21)32/h2-3,7-11,13-15,18-19H,4-6,12H2,1H3,(H,35,38). The van der Waals surface area contributed by atoms with E-state index in [0.717, 1.165) is 36.6 Å². The Labute approximate surface area is 221 Å². The predicted octanol–water partition coefficient (Wildman–Crippen LogP) is 6.39. The summed E-state index contributed by atoms with van der Waals surface area (Å²) < 4.78 is 50.4. The first kappa shape index (κ1) is 24.8. The maximum absolute atomic E-state index is 15.0. The summed E-state index contributed by atoms with van der Waals surface area (Å²) in [5.41, 5.74) is 2.53. The number of imidazole rings is 1. The molecule has 2 aromatic carbocycles. The lowest BCUT2D eigenvalue weighted by Crippen LogP contribution is -2.39. The Morgan fingerprint density at radius 2 is 1.90 bits per heavy atom. The van der Waals surface area contributed by atoms with Gasteiger partial charge in [0.15, 0.2) is 0 Å². The van der Waals surface area contributed by atoms with E-state index in [2.05, 4.69) is 15.3 Å². The number of rotatable bonds is 5. The van der Waals surface area contributed by atoms with Gasteiger partial charge in [-0.2, -0.15) is 0 Å². The number of fused-ring (bicyclic) bond motifs is 1. The molecule has 5 aromatic rings. The minimum Gasteiger partial charge on any atom is -0.443 e. The topological polar surface area (TPSA) is 85.8 Å². The molecule has 7 nitrogen and oxygen atoms in total. The molecule has 1 fully saturated rings. The highest BCUT2D eigenvalue weighted by atomic mass is 19.1. The van der Waals surface area contributed by atoms with Gasteiger partial charge in [0.2, 0.25) is 5.89 Å². The van der Waals surface area contributed by atoms with Crippen molar-refractivity contribution in [2.24, 2.45) is 0 Å². The second kappa shape index (κ2) is 10.0. The number of benzene rings is 2. The van der Waals surface area contributed by atoms with Crippen molar-refractivity contribution < 1.29 is 22.4 Å². The van der Waals surface area contributed by atoms with E-state index in [1.54, 1.807) is 30.7 Å². The van der Waals surface area contributed by atoms with E-state index in [-0.39, 0.29) is 17.6 Å². The zero-order valence-electron chi connectivity index (χ0n) is 21.0. The Kier molecular flexibility index (Phi) is 6.38. The summed E-state index contributed by atoms with van der Waals surface area (Å²) in [6.07, 6.45) is 5.82. The molecule has 1 aliphatic carbocycles. The summed E-state index contributed by atoms with van der Waals surface area (Å²) in [5.74, 6) is -1.75. The summed E-state index contributed by atoms with van der Waals surface area (Å²) in [6, 6.07) is 10.6. The highest BCUT2D eigenvalue weighted by Gasteiger charge is 2.30. The number of halogens is 3. The fourth-order valence-electron chi connectivity index (χ4n) is 5.25. The minimum atomic E-state index is -0.787. The Bertz CT molecular complexity index is 1700. The van der Waals surface area contributed by atoms with Crippen LogP contribution in [0.25, 0.3) is 34.0 Å². The molecule has 1 N–H and O–H groups in total. The van der Waals surface area contributed by atoms with E-state index in [1.165, 1.54) is 6.07 Å². The fraction of sp³-hybridized carbons (Fsp3) is 0.241. The predicted molar refractivity (Wildman–Crippen MR) is 138 cm³/mol. The van der Waals surface area contributed by atoms with Gasteiger partial charge in [0, 0.05) is 12.1 Å². The molecule has 1 aliphatic rings. The molecular weight excluding hydrogens is 507 g/mol. The molecule has 0 aliphatic heterocycles. The smallest absolute Gasteiger partial charge is 0.254 e. The van der Waals surface area contributed by atoms with Crippen LogP contribution in [0.15, 0.2) is 65.4 Å². The molecule has 6 rings (SSSR count). The zero-order valence-corrected chi connectivity index (χ0v) is 21.0. The molecule has 0 bridgehead atoms. The van der Waals surface area contributed by atoms with E-state index in [0.29, 0.717) is 47.0 Å². The number of oxazole rings is 1. The first-order chi connectivity index (χ1) is 18.9. The maximum atomic E-state index is 15.0. The van der Waals surface area contributed by atoms with Gasteiger partial charge in [-0.15, -0.1) is 0 Å². The molecule has 3 aromatic heterocycles. The van der Waals surface area contributed by atoms with Crippen molar-refractivity contribution in [1.82, 2.24) is 24.8 Å². The quantitative estimate of drug-likeness (QED) is 0.284. The minimum absolute atomic E-state index is 0.164. The number of nitrogens with zero attached hydrogens (tertiary/aromatic N) is 4. The Morgan fingerprint density at radius 3 is 2.69 bits per heavy atom. The second-order valence-electron chi connectivity index (χ2n) is 9.75. The lowest BCUT2D eigenvalue weighted by molar-refractivity contribution is 0.0916. The molecule has 2 unspecified atom stereocenters. The Morgan fingerprint density at radius 1 is 1.05 bits per heavy atom. The van der Waals surface area contributed by atoms with Gasteiger partial charge in [-0.25, -0.2) is 28.1 Å². The molecule has 10 heteroatoms. The molecule has 198 valence electrons. The average molecular weight is 532 g/mol. The normalized spacial score (nSPS) is 17.4. The molecule has 1 amide bonds. The molecule has 3 heterocycles. The number of amides is 1. The summed E-state index contributed by atoms with van der Waals surface area (Å²) in [5, 5.41) is 2.86. The van der Waals surface area contributed by atoms with Crippen LogP contribution in [0, 0.1) is 24.4 Å². The molecule has 0 spiro atoms. The zero-order chi connectivity index (χ0) is 27.1. The van der Waals surface area contributed by atoms with Gasteiger partial charge in [-0.3, -0.25) is 4.79 Å². The average Bonchev–Trinajstić information content (AvgIpc) is 3.53. The monoisotopic (exact) mass is 531 g/mol. The number of aryl methyl sites for hydroxylation is 1. The van der Waals surface area contributed by atoms with Crippen LogP contribution < -0.4 is 5.32 Å². The Balaban J connectivity index is 1.39. The third kappa shape index (κ3) is 4.78. The summed E-state index contributed by atoms with van der Waals surface area (Å²) in [4.78, 5) is 26.4. The van der Waals surface area contributed by atoms with Crippen molar-refractivity contribution in [2.75, 3.05) is 0 Å². The van der Waals surface area contributed by atoms with Crippen LogP contribution in [0.5, 0.6) is 0 Å². The summed E-state index contributed by atoms with van der Waals surface area (Å²) >= 11 is 0. The van der Waals surface area contributed by atoms with E-state index in [1.807, 2.05) is 17.6 Å². The van der Waals surface area contributed by atoms with Crippen LogP contribution in [0.2, 0.25) is 0 Å². The highest BCUT2D eigenvalue weighted by molar-refractivity contribution is 5.94. The molecule has 39 heavy (non-hydrogen) atoms. The van der Waals surface area contributed by atoms with Crippen LogP contribution in [-0.4, -0.2) is 31.5 Å². The molecule has 0 radical (unpaired) electrons. The largest absolute Gasteiger partial charge is 0.443 e. The third-order valence-electron chi connectivity index (χ3n) is 7.05. The third-order valence-corrected chi connectivity index (χ3v) is 7.05. The van der Waals surface area contributed by atoms with Gasteiger partial charge in [0.05, 0.1) is 28.5 Å². The summed E-state index contributed by atoms with van der Waals surface area (Å²) in [6.45, 7) is 1.82. The molecule has 0 saturated heterocycles. The van der Waals surface area contributed by atoms with Gasteiger partial charge in [0.1, 0.15) is 40.7 Å². The van der Waals surface area contributed by atoms with Crippen LogP contribution in [-0.2, 0) is 0 Å². The van der Waals surface area contributed by atoms with Crippen LogP contribution in [0.4, 0.5) is 13.2 Å². The molecule has 1 saturated carbocycles. The number of aromatic nitrogens is 4. The van der Waals surface area contributed by atoms with Gasteiger partial charge in [-0.1, -0.05) is 12.1 Å². The number of hydrogen-bond acceptors (Lipinski definition) is 5.